The number of ether oxygens (including phenoxy) is 1. The molecule has 5 aromatic rings. The van der Waals surface area contributed by atoms with Gasteiger partial charge in [0.1, 0.15) is 11.4 Å². The zero-order valence-electron chi connectivity index (χ0n) is 21.9. The van der Waals surface area contributed by atoms with Gasteiger partial charge in [0.15, 0.2) is 11.5 Å². The van der Waals surface area contributed by atoms with Gasteiger partial charge in [-0.25, -0.2) is 14.5 Å². The highest BCUT2D eigenvalue weighted by Gasteiger charge is 2.25. The lowest BCUT2D eigenvalue weighted by atomic mass is 10.00. The molecule has 0 saturated carbocycles. The number of carbonyl (C=O) groups is 1. The lowest BCUT2D eigenvalue weighted by molar-refractivity contribution is 0.0807. The fourth-order valence-corrected chi connectivity index (χ4v) is 4.95. The molecular weight excluding hydrogens is 506 g/mol. The number of amides is 1. The number of nitrogens with one attached hydrogen (secondary N) is 1. The van der Waals surface area contributed by atoms with Crippen LogP contribution in [-0.2, 0) is 4.74 Å². The molecule has 200 valence electrons. The zero-order chi connectivity index (χ0) is 27.6. The summed E-state index contributed by atoms with van der Waals surface area (Å²) in [5.41, 5.74) is 8.05. The van der Waals surface area contributed by atoms with E-state index in [1.807, 2.05) is 42.5 Å². The largest absolute Gasteiger partial charge is 0.381 e. The first-order valence-electron chi connectivity index (χ1n) is 13.1. The standard InChI is InChI=1S/C30H27N7O3/c1-19(33-29(38)25-26(31)35-36-16-6-15-32-28(25)36)27-34-23-10-5-7-21(12-11-20-13-17-40-18-14-20)24(23)30(39)37(27)22-8-3-2-4-9-22/h2-10,15-16,19-20H,13-14,17-18H2,1H3,(H2,31,35)(H,33,38)/t19-/m1/s1. The van der Waals surface area contributed by atoms with E-state index in [-0.39, 0.29) is 22.9 Å². The Bertz CT molecular complexity index is 1840. The molecule has 0 bridgehead atoms. The first kappa shape index (κ1) is 25.3. The molecule has 3 aromatic heterocycles. The minimum absolute atomic E-state index is 0.0584. The summed E-state index contributed by atoms with van der Waals surface area (Å²) in [6, 6.07) is 15.7. The third-order valence-corrected chi connectivity index (χ3v) is 6.95. The number of hydrogen-bond acceptors (Lipinski definition) is 7. The number of para-hydroxylation sites is 1. The Morgan fingerprint density at radius 3 is 2.73 bits per heavy atom. The lowest BCUT2D eigenvalue weighted by Crippen LogP contribution is -2.33. The van der Waals surface area contributed by atoms with Crippen molar-refractivity contribution in [3.8, 4) is 17.5 Å². The van der Waals surface area contributed by atoms with Crippen LogP contribution in [0.15, 0.2) is 71.8 Å². The second kappa shape index (κ2) is 10.6. The van der Waals surface area contributed by atoms with E-state index in [9.17, 15) is 9.59 Å². The molecule has 6 rings (SSSR count). The number of rotatable bonds is 4. The summed E-state index contributed by atoms with van der Waals surface area (Å²) < 4.78 is 8.43. The number of carbonyl (C=O) groups excluding carboxylic acids is 1. The average Bonchev–Trinajstić information content (AvgIpc) is 3.32. The summed E-state index contributed by atoms with van der Waals surface area (Å²) in [7, 11) is 0. The molecule has 10 nitrogen and oxygen atoms in total. The molecule has 0 unspecified atom stereocenters. The van der Waals surface area contributed by atoms with Gasteiger partial charge in [0.2, 0.25) is 0 Å². The van der Waals surface area contributed by atoms with Crippen LogP contribution >= 0.6 is 0 Å². The fraction of sp³-hybridized carbons (Fsp3) is 0.233. The van der Waals surface area contributed by atoms with Gasteiger partial charge in [-0.05, 0) is 50.1 Å². The van der Waals surface area contributed by atoms with Crippen LogP contribution in [0.4, 0.5) is 5.82 Å². The maximum absolute atomic E-state index is 14.1. The van der Waals surface area contributed by atoms with Crippen molar-refractivity contribution >= 4 is 28.3 Å². The Morgan fingerprint density at radius 2 is 1.93 bits per heavy atom. The van der Waals surface area contributed by atoms with E-state index in [1.54, 1.807) is 31.5 Å². The molecule has 0 aliphatic carbocycles. The molecule has 0 radical (unpaired) electrons. The van der Waals surface area contributed by atoms with Crippen molar-refractivity contribution in [1.29, 1.82) is 0 Å². The summed E-state index contributed by atoms with van der Waals surface area (Å²) in [4.78, 5) is 36.7. The third-order valence-electron chi connectivity index (χ3n) is 6.95. The van der Waals surface area contributed by atoms with Crippen molar-refractivity contribution < 1.29 is 9.53 Å². The van der Waals surface area contributed by atoms with Gasteiger partial charge < -0.3 is 15.8 Å². The predicted octanol–water partition coefficient (Wildman–Crippen LogP) is 3.28. The first-order valence-corrected chi connectivity index (χ1v) is 13.1. The Morgan fingerprint density at radius 1 is 1.12 bits per heavy atom. The van der Waals surface area contributed by atoms with Gasteiger partial charge in [0.05, 0.1) is 22.6 Å². The number of aromatic nitrogens is 5. The van der Waals surface area contributed by atoms with E-state index in [1.165, 1.54) is 9.08 Å². The molecule has 1 amide bonds. The highest BCUT2D eigenvalue weighted by molar-refractivity contribution is 6.04. The van der Waals surface area contributed by atoms with E-state index in [4.69, 9.17) is 15.5 Å². The zero-order valence-corrected chi connectivity index (χ0v) is 21.9. The van der Waals surface area contributed by atoms with Crippen LogP contribution in [0.2, 0.25) is 0 Å². The van der Waals surface area contributed by atoms with Crippen molar-refractivity contribution in [1.82, 2.24) is 29.5 Å². The Balaban J connectivity index is 1.45. The van der Waals surface area contributed by atoms with E-state index >= 15 is 0 Å². The van der Waals surface area contributed by atoms with E-state index in [0.29, 0.717) is 46.8 Å². The highest BCUT2D eigenvalue weighted by Crippen LogP contribution is 2.22. The Labute approximate surface area is 229 Å². The first-order chi connectivity index (χ1) is 19.5. The monoisotopic (exact) mass is 533 g/mol. The molecule has 1 saturated heterocycles. The second-order valence-electron chi connectivity index (χ2n) is 9.65. The van der Waals surface area contributed by atoms with Gasteiger partial charge in [-0.1, -0.05) is 36.1 Å². The van der Waals surface area contributed by atoms with Crippen molar-refractivity contribution in [2.45, 2.75) is 25.8 Å². The Hall–Kier alpha value is -5.01. The second-order valence-corrected chi connectivity index (χ2v) is 9.65. The SMILES string of the molecule is C[C@@H](NC(=O)c1c(N)nn2cccnc12)c1nc2cccc(C#CC3CCOCC3)c2c(=O)n1-c1ccccc1. The number of benzene rings is 2. The third kappa shape index (κ3) is 4.67. The number of hydrogen-bond donors (Lipinski definition) is 2. The van der Waals surface area contributed by atoms with Crippen LogP contribution in [0.25, 0.3) is 22.2 Å². The number of fused-ring (bicyclic) bond motifs is 2. The van der Waals surface area contributed by atoms with Gasteiger partial charge in [-0.15, -0.1) is 5.10 Å². The molecule has 2 aromatic carbocycles. The molecule has 1 aliphatic heterocycles. The number of nitrogens with two attached hydrogens (primary N) is 1. The van der Waals surface area contributed by atoms with Crippen LogP contribution in [0.1, 0.15) is 47.6 Å². The number of anilines is 1. The minimum atomic E-state index is -0.667. The Kier molecular flexibility index (Phi) is 6.72. The maximum atomic E-state index is 14.1. The summed E-state index contributed by atoms with van der Waals surface area (Å²) in [6.45, 7) is 3.16. The molecule has 40 heavy (non-hydrogen) atoms. The molecule has 1 atom stereocenters. The van der Waals surface area contributed by atoms with Crippen molar-refractivity contribution in [3.05, 3.63) is 94.3 Å². The maximum Gasteiger partial charge on any atom is 0.267 e. The van der Waals surface area contributed by atoms with Gasteiger partial charge in [-0.2, -0.15) is 0 Å². The van der Waals surface area contributed by atoms with Crippen LogP contribution in [-0.4, -0.2) is 43.3 Å². The van der Waals surface area contributed by atoms with E-state index < -0.39 is 11.9 Å². The van der Waals surface area contributed by atoms with E-state index in [0.717, 1.165) is 12.8 Å². The molecule has 0 spiro atoms. The summed E-state index contributed by atoms with van der Waals surface area (Å²) in [5.74, 6) is 6.75. The minimum Gasteiger partial charge on any atom is -0.381 e. The van der Waals surface area contributed by atoms with Crippen LogP contribution in [0.3, 0.4) is 0 Å². The topological polar surface area (TPSA) is 129 Å². The number of nitrogens with zero attached hydrogens (tertiary/aromatic N) is 5. The molecule has 1 aliphatic rings. The van der Waals surface area contributed by atoms with Crippen molar-refractivity contribution in [2.24, 2.45) is 5.92 Å². The highest BCUT2D eigenvalue weighted by atomic mass is 16.5. The number of nitrogen functional groups attached to an aromatic ring is 1. The smallest absolute Gasteiger partial charge is 0.267 e. The molecule has 4 heterocycles. The normalized spacial score (nSPS) is 14.5. The van der Waals surface area contributed by atoms with Gasteiger partial charge in [-0.3, -0.25) is 14.2 Å². The van der Waals surface area contributed by atoms with Gasteiger partial charge >= 0.3 is 0 Å². The van der Waals surface area contributed by atoms with Crippen molar-refractivity contribution in [3.63, 3.8) is 0 Å². The van der Waals surface area contributed by atoms with Crippen LogP contribution < -0.4 is 16.6 Å². The van der Waals surface area contributed by atoms with Gasteiger partial charge in [0.25, 0.3) is 11.5 Å². The molecule has 1 fully saturated rings. The molecule has 3 N–H and O–H groups in total. The summed E-state index contributed by atoms with van der Waals surface area (Å²) in [5, 5.41) is 7.55. The van der Waals surface area contributed by atoms with Crippen molar-refractivity contribution in [2.75, 3.05) is 18.9 Å². The fourth-order valence-electron chi connectivity index (χ4n) is 4.95. The van der Waals surface area contributed by atoms with E-state index in [2.05, 4.69) is 27.2 Å². The average molecular weight is 534 g/mol. The summed E-state index contributed by atoms with van der Waals surface area (Å²) >= 11 is 0. The molecule has 10 heteroatoms. The van der Waals surface area contributed by atoms with Crippen LogP contribution in [0.5, 0.6) is 0 Å². The predicted molar refractivity (Wildman–Crippen MR) is 151 cm³/mol. The van der Waals surface area contributed by atoms with Gasteiger partial charge in [0, 0.05) is 37.1 Å². The summed E-state index contributed by atoms with van der Waals surface area (Å²) in [6.07, 6.45) is 4.98. The quantitative estimate of drug-likeness (QED) is 0.339. The lowest BCUT2D eigenvalue weighted by Gasteiger charge is -2.20. The van der Waals surface area contributed by atoms with Crippen LogP contribution in [0, 0.1) is 17.8 Å². The molecular formula is C30H27N7O3.